The number of methoxy groups -OCH3 is 1. The molecule has 92 valence electrons. The van der Waals surface area contributed by atoms with Crippen molar-refractivity contribution in [3.05, 3.63) is 12.2 Å². The molecule has 0 aromatic heterocycles. The van der Waals surface area contributed by atoms with Crippen LogP contribution in [0, 0.1) is 5.92 Å². The molecule has 3 N–H and O–H groups in total. The monoisotopic (exact) mass is 227 g/mol. The molecule has 0 aliphatic heterocycles. The van der Waals surface area contributed by atoms with Crippen molar-refractivity contribution in [2.45, 2.75) is 44.2 Å². The number of nitrogens with two attached hydrogens (primary N) is 1. The lowest BCUT2D eigenvalue weighted by Gasteiger charge is -2.34. The van der Waals surface area contributed by atoms with E-state index in [-0.39, 0.29) is 5.92 Å². The van der Waals surface area contributed by atoms with Crippen molar-refractivity contribution in [3.8, 4) is 0 Å². The van der Waals surface area contributed by atoms with Gasteiger partial charge in [-0.05, 0) is 12.8 Å². The molecule has 4 heteroatoms. The molecule has 0 aromatic rings. The molecule has 1 atom stereocenters. The highest BCUT2D eigenvalue weighted by Crippen LogP contribution is 2.31. The van der Waals surface area contributed by atoms with E-state index in [0.29, 0.717) is 6.42 Å². The summed E-state index contributed by atoms with van der Waals surface area (Å²) >= 11 is 0. The van der Waals surface area contributed by atoms with Gasteiger partial charge in [0.25, 0.3) is 0 Å². The Hall–Kier alpha value is -0.870. The number of carbonyl (C=O) groups is 1. The predicted molar refractivity (Wildman–Crippen MR) is 61.5 cm³/mol. The molecular formula is C12H21NO3. The van der Waals surface area contributed by atoms with Crippen molar-refractivity contribution in [3.63, 3.8) is 0 Å². The quantitative estimate of drug-likeness (QED) is 0.432. The Morgan fingerprint density at radius 3 is 2.69 bits per heavy atom. The van der Waals surface area contributed by atoms with Gasteiger partial charge in [-0.15, -0.1) is 0 Å². The summed E-state index contributed by atoms with van der Waals surface area (Å²) in [7, 11) is 1.32. The third kappa shape index (κ3) is 3.94. The summed E-state index contributed by atoms with van der Waals surface area (Å²) in [6, 6.07) is 0. The third-order valence-electron chi connectivity index (χ3n) is 3.21. The maximum Gasteiger partial charge on any atom is 0.330 e. The summed E-state index contributed by atoms with van der Waals surface area (Å²) < 4.78 is 4.46. The van der Waals surface area contributed by atoms with Crippen LogP contribution in [0.4, 0.5) is 0 Å². The first kappa shape index (κ1) is 13.2. The van der Waals surface area contributed by atoms with Crippen LogP contribution >= 0.6 is 0 Å². The van der Waals surface area contributed by atoms with E-state index in [1.165, 1.54) is 19.6 Å². The van der Waals surface area contributed by atoms with Crippen molar-refractivity contribution in [2.24, 2.45) is 11.7 Å². The molecule has 1 aliphatic rings. The first-order chi connectivity index (χ1) is 7.56. The fourth-order valence-corrected chi connectivity index (χ4v) is 2.18. The van der Waals surface area contributed by atoms with Crippen LogP contribution in [0.3, 0.4) is 0 Å². The van der Waals surface area contributed by atoms with E-state index < -0.39 is 11.7 Å². The van der Waals surface area contributed by atoms with E-state index in [1.807, 2.05) is 0 Å². The van der Waals surface area contributed by atoms with Gasteiger partial charge in [-0.25, -0.2) is 4.79 Å². The molecule has 1 rings (SSSR count). The first-order valence-corrected chi connectivity index (χ1v) is 5.82. The molecule has 16 heavy (non-hydrogen) atoms. The fourth-order valence-electron chi connectivity index (χ4n) is 2.18. The van der Waals surface area contributed by atoms with E-state index >= 15 is 0 Å². The maximum atomic E-state index is 10.8. The summed E-state index contributed by atoms with van der Waals surface area (Å²) in [6.45, 7) is 0. The minimum absolute atomic E-state index is 0.142. The summed E-state index contributed by atoms with van der Waals surface area (Å²) in [4.78, 5) is 10.8. The molecule has 1 fully saturated rings. The smallest absolute Gasteiger partial charge is 0.330 e. The number of hydrogen-bond donors (Lipinski definition) is 2. The molecule has 1 unspecified atom stereocenters. The van der Waals surface area contributed by atoms with Gasteiger partial charge < -0.3 is 15.6 Å². The molecule has 0 heterocycles. The Morgan fingerprint density at radius 1 is 1.50 bits per heavy atom. The van der Waals surface area contributed by atoms with E-state index in [0.717, 1.165) is 25.7 Å². The molecule has 4 nitrogen and oxygen atoms in total. The molecule has 0 amide bonds. The number of esters is 1. The standard InChI is InChI=1S/C12H21NO3/c1-16-11(14)8-5-9-12(13,15)10-6-3-2-4-7-10/h5,8,10,15H,2-4,6-7,9,13H2,1H3/b8-5+. The zero-order valence-corrected chi connectivity index (χ0v) is 9.82. The van der Waals surface area contributed by atoms with Gasteiger partial charge in [0.15, 0.2) is 0 Å². The van der Waals surface area contributed by atoms with Crippen LogP contribution in [0.2, 0.25) is 0 Å². The Kier molecular flexibility index (Phi) is 4.96. The van der Waals surface area contributed by atoms with E-state index in [4.69, 9.17) is 5.73 Å². The van der Waals surface area contributed by atoms with Crippen molar-refractivity contribution < 1.29 is 14.6 Å². The average Bonchev–Trinajstić information content (AvgIpc) is 2.30. The summed E-state index contributed by atoms with van der Waals surface area (Å²) in [5.74, 6) is -0.275. The van der Waals surface area contributed by atoms with Crippen LogP contribution in [0.15, 0.2) is 12.2 Å². The van der Waals surface area contributed by atoms with Gasteiger partial charge in [0, 0.05) is 18.4 Å². The first-order valence-electron chi connectivity index (χ1n) is 5.82. The highest BCUT2D eigenvalue weighted by molar-refractivity contribution is 5.81. The van der Waals surface area contributed by atoms with Gasteiger partial charge in [0.1, 0.15) is 5.72 Å². The van der Waals surface area contributed by atoms with Gasteiger partial charge in [-0.1, -0.05) is 25.3 Å². The predicted octanol–water partition coefficient (Wildman–Crippen LogP) is 1.33. The minimum Gasteiger partial charge on any atom is -0.466 e. The number of rotatable bonds is 4. The fraction of sp³-hybridized carbons (Fsp3) is 0.750. The summed E-state index contributed by atoms with van der Waals surface area (Å²) in [5, 5.41) is 10.1. The van der Waals surface area contributed by atoms with Crippen LogP contribution in [-0.4, -0.2) is 23.9 Å². The van der Waals surface area contributed by atoms with Crippen LogP contribution in [0.5, 0.6) is 0 Å². The number of hydrogen-bond acceptors (Lipinski definition) is 4. The van der Waals surface area contributed by atoms with Crippen molar-refractivity contribution in [1.82, 2.24) is 0 Å². The zero-order chi connectivity index (χ0) is 12.0. The Labute approximate surface area is 96.5 Å². The normalized spacial score (nSPS) is 21.9. The largest absolute Gasteiger partial charge is 0.466 e. The lowest BCUT2D eigenvalue weighted by molar-refractivity contribution is -0.134. The molecule has 1 saturated carbocycles. The molecule has 0 saturated heterocycles. The Balaban J connectivity index is 2.43. The Bertz CT molecular complexity index is 255. The number of aliphatic hydroxyl groups is 1. The SMILES string of the molecule is COC(=O)/C=C/CC(N)(O)C1CCCCC1. The van der Waals surface area contributed by atoms with E-state index in [1.54, 1.807) is 6.08 Å². The summed E-state index contributed by atoms with van der Waals surface area (Å²) in [6.07, 6.45) is 8.62. The lowest BCUT2D eigenvalue weighted by atomic mass is 9.80. The summed E-state index contributed by atoms with van der Waals surface area (Å²) in [5.41, 5.74) is 4.68. The second kappa shape index (κ2) is 6.01. The average molecular weight is 227 g/mol. The van der Waals surface area contributed by atoms with Crippen molar-refractivity contribution in [2.75, 3.05) is 7.11 Å². The van der Waals surface area contributed by atoms with Crippen molar-refractivity contribution >= 4 is 5.97 Å². The Morgan fingerprint density at radius 2 is 2.12 bits per heavy atom. The van der Waals surface area contributed by atoms with Gasteiger partial charge in [-0.3, -0.25) is 0 Å². The maximum absolute atomic E-state index is 10.8. The highest BCUT2D eigenvalue weighted by atomic mass is 16.5. The zero-order valence-electron chi connectivity index (χ0n) is 9.82. The van der Waals surface area contributed by atoms with E-state index in [2.05, 4.69) is 4.74 Å². The number of carbonyl (C=O) groups excluding carboxylic acids is 1. The third-order valence-corrected chi connectivity index (χ3v) is 3.21. The van der Waals surface area contributed by atoms with Crippen LogP contribution in [-0.2, 0) is 9.53 Å². The molecule has 1 aliphatic carbocycles. The van der Waals surface area contributed by atoms with Gasteiger partial charge in [0.2, 0.25) is 0 Å². The van der Waals surface area contributed by atoms with Crippen LogP contribution in [0.1, 0.15) is 38.5 Å². The molecule has 0 radical (unpaired) electrons. The topological polar surface area (TPSA) is 72.5 Å². The minimum atomic E-state index is -1.19. The van der Waals surface area contributed by atoms with Gasteiger partial charge >= 0.3 is 5.97 Å². The molecule has 0 aromatic carbocycles. The highest BCUT2D eigenvalue weighted by Gasteiger charge is 2.32. The molecule has 0 spiro atoms. The molecule has 0 bridgehead atoms. The molecular weight excluding hydrogens is 206 g/mol. The lowest BCUT2D eigenvalue weighted by Crippen LogP contribution is -2.47. The second-order valence-corrected chi connectivity index (χ2v) is 4.46. The van der Waals surface area contributed by atoms with Crippen molar-refractivity contribution in [1.29, 1.82) is 0 Å². The second-order valence-electron chi connectivity index (χ2n) is 4.46. The van der Waals surface area contributed by atoms with Crippen LogP contribution < -0.4 is 5.73 Å². The van der Waals surface area contributed by atoms with Gasteiger partial charge in [0.05, 0.1) is 7.11 Å². The van der Waals surface area contributed by atoms with E-state index in [9.17, 15) is 9.90 Å². The van der Waals surface area contributed by atoms with Gasteiger partial charge in [-0.2, -0.15) is 0 Å². The van der Waals surface area contributed by atoms with Crippen LogP contribution in [0.25, 0.3) is 0 Å². The number of ether oxygens (including phenoxy) is 1.